The SMILES string of the molecule is Cc1cc2cc(B3OC(C)(C)C(C)(C)O3)cc(C(C)(C)C)c2cc1C. The first-order valence-electron chi connectivity index (χ1n) is 9.23. The van der Waals surface area contributed by atoms with Gasteiger partial charge in [0.2, 0.25) is 0 Å². The maximum absolute atomic E-state index is 6.30. The van der Waals surface area contributed by atoms with Gasteiger partial charge in [0.1, 0.15) is 0 Å². The molecule has 1 fully saturated rings. The minimum absolute atomic E-state index is 0.0552. The van der Waals surface area contributed by atoms with Crippen LogP contribution in [0.4, 0.5) is 0 Å². The summed E-state index contributed by atoms with van der Waals surface area (Å²) in [6.07, 6.45) is 0. The van der Waals surface area contributed by atoms with E-state index in [1.807, 2.05) is 0 Å². The monoisotopic (exact) mass is 338 g/mol. The highest BCUT2D eigenvalue weighted by Gasteiger charge is 2.51. The van der Waals surface area contributed by atoms with Crippen LogP contribution in [-0.4, -0.2) is 18.3 Å². The fourth-order valence-electron chi connectivity index (χ4n) is 3.39. The van der Waals surface area contributed by atoms with Gasteiger partial charge in [0.05, 0.1) is 11.2 Å². The lowest BCUT2D eigenvalue weighted by molar-refractivity contribution is 0.00578. The molecular formula is C22H31BO2. The first-order valence-corrected chi connectivity index (χ1v) is 9.23. The summed E-state index contributed by atoms with van der Waals surface area (Å²) in [4.78, 5) is 0. The summed E-state index contributed by atoms with van der Waals surface area (Å²) in [6.45, 7) is 19.6. The lowest BCUT2D eigenvalue weighted by Gasteiger charge is -2.32. The molecule has 0 N–H and O–H groups in total. The highest BCUT2D eigenvalue weighted by Crippen LogP contribution is 2.37. The number of benzene rings is 2. The fourth-order valence-corrected chi connectivity index (χ4v) is 3.39. The summed E-state index contributed by atoms with van der Waals surface area (Å²) in [5, 5.41) is 2.59. The Labute approximate surface area is 153 Å². The van der Waals surface area contributed by atoms with Crippen LogP contribution in [0, 0.1) is 13.8 Å². The zero-order valence-corrected chi connectivity index (χ0v) is 17.2. The van der Waals surface area contributed by atoms with Crippen molar-refractivity contribution in [2.45, 2.75) is 78.9 Å². The third-order valence-corrected chi connectivity index (χ3v) is 5.92. The average molecular weight is 338 g/mol. The van der Waals surface area contributed by atoms with E-state index in [2.05, 4.69) is 86.6 Å². The standard InChI is InChI=1S/C22H31BO2/c1-14-10-16-12-17(23-24-21(6,7)22(8,9)25-23)13-19(20(3,4)5)18(16)11-15(14)2/h10-13H,1-9H3. The predicted molar refractivity (Wildman–Crippen MR) is 108 cm³/mol. The average Bonchev–Trinajstić information content (AvgIpc) is 2.66. The predicted octanol–water partition coefficient (Wildman–Crippen LogP) is 5.05. The van der Waals surface area contributed by atoms with E-state index in [4.69, 9.17) is 9.31 Å². The second-order valence-electron chi connectivity index (χ2n) is 9.56. The van der Waals surface area contributed by atoms with Crippen LogP contribution >= 0.6 is 0 Å². The first-order chi connectivity index (χ1) is 11.3. The Hall–Kier alpha value is -1.32. The molecule has 0 spiro atoms. The van der Waals surface area contributed by atoms with Crippen LogP contribution in [0.5, 0.6) is 0 Å². The molecule has 134 valence electrons. The van der Waals surface area contributed by atoms with E-state index in [9.17, 15) is 0 Å². The largest absolute Gasteiger partial charge is 0.494 e. The van der Waals surface area contributed by atoms with Gasteiger partial charge in [-0.25, -0.2) is 0 Å². The summed E-state index contributed by atoms with van der Waals surface area (Å²) in [5.74, 6) is 0. The van der Waals surface area contributed by atoms with Gasteiger partial charge >= 0.3 is 7.12 Å². The van der Waals surface area contributed by atoms with E-state index in [-0.39, 0.29) is 23.7 Å². The molecule has 0 bridgehead atoms. The summed E-state index contributed by atoms with van der Waals surface area (Å²) in [5.41, 5.74) is 4.52. The van der Waals surface area contributed by atoms with Crippen molar-refractivity contribution in [2.24, 2.45) is 0 Å². The van der Waals surface area contributed by atoms with Gasteiger partial charge in [0.25, 0.3) is 0 Å². The van der Waals surface area contributed by atoms with Crippen molar-refractivity contribution >= 4 is 23.4 Å². The molecule has 3 rings (SSSR count). The van der Waals surface area contributed by atoms with Gasteiger partial charge in [-0.2, -0.15) is 0 Å². The Kier molecular flexibility index (Phi) is 4.13. The Bertz CT molecular complexity index is 812. The van der Waals surface area contributed by atoms with Crippen LogP contribution in [0.25, 0.3) is 10.8 Å². The molecule has 0 aliphatic carbocycles. The lowest BCUT2D eigenvalue weighted by Crippen LogP contribution is -2.41. The second-order valence-corrected chi connectivity index (χ2v) is 9.56. The topological polar surface area (TPSA) is 18.5 Å². The number of hydrogen-bond acceptors (Lipinski definition) is 2. The molecule has 0 atom stereocenters. The Morgan fingerprint density at radius 3 is 1.84 bits per heavy atom. The van der Waals surface area contributed by atoms with Crippen molar-refractivity contribution in [3.63, 3.8) is 0 Å². The molecule has 0 unspecified atom stereocenters. The highest BCUT2D eigenvalue weighted by molar-refractivity contribution is 6.62. The summed E-state index contributed by atoms with van der Waals surface area (Å²) in [7, 11) is -0.322. The zero-order chi connectivity index (χ0) is 18.8. The first kappa shape index (κ1) is 18.5. The van der Waals surface area contributed by atoms with E-state index in [0.717, 1.165) is 5.46 Å². The van der Waals surface area contributed by atoms with E-state index in [1.165, 1.54) is 27.5 Å². The van der Waals surface area contributed by atoms with Crippen LogP contribution in [0.3, 0.4) is 0 Å². The normalized spacial score (nSPS) is 19.6. The molecule has 2 nitrogen and oxygen atoms in total. The molecule has 1 heterocycles. The second kappa shape index (κ2) is 5.59. The van der Waals surface area contributed by atoms with Gasteiger partial charge in [-0.15, -0.1) is 0 Å². The summed E-state index contributed by atoms with van der Waals surface area (Å²) >= 11 is 0. The van der Waals surface area contributed by atoms with Crippen LogP contribution in [0.15, 0.2) is 24.3 Å². The molecule has 1 saturated heterocycles. The lowest BCUT2D eigenvalue weighted by atomic mass is 9.73. The zero-order valence-electron chi connectivity index (χ0n) is 17.2. The molecule has 0 radical (unpaired) electrons. The van der Waals surface area contributed by atoms with Crippen molar-refractivity contribution in [3.05, 3.63) is 41.0 Å². The summed E-state index contributed by atoms with van der Waals surface area (Å²) < 4.78 is 12.6. The molecule has 0 saturated carbocycles. The smallest absolute Gasteiger partial charge is 0.399 e. The minimum Gasteiger partial charge on any atom is -0.399 e. The quantitative estimate of drug-likeness (QED) is 0.677. The number of rotatable bonds is 1. The van der Waals surface area contributed by atoms with Crippen molar-refractivity contribution in [1.29, 1.82) is 0 Å². The minimum atomic E-state index is -0.322. The molecule has 1 aliphatic heterocycles. The van der Waals surface area contributed by atoms with Crippen LogP contribution < -0.4 is 5.46 Å². The van der Waals surface area contributed by atoms with Crippen LogP contribution in [0.1, 0.15) is 65.2 Å². The number of aryl methyl sites for hydroxylation is 2. The fraction of sp³-hybridized carbons (Fsp3) is 0.545. The van der Waals surface area contributed by atoms with E-state index >= 15 is 0 Å². The molecule has 1 aliphatic rings. The molecule has 0 amide bonds. The van der Waals surface area contributed by atoms with E-state index in [1.54, 1.807) is 0 Å². The van der Waals surface area contributed by atoms with Gasteiger partial charge < -0.3 is 9.31 Å². The van der Waals surface area contributed by atoms with Crippen molar-refractivity contribution in [3.8, 4) is 0 Å². The van der Waals surface area contributed by atoms with Gasteiger partial charge in [-0.05, 0) is 79.9 Å². The molecule has 3 heteroatoms. The highest BCUT2D eigenvalue weighted by atomic mass is 16.7. The third-order valence-electron chi connectivity index (χ3n) is 5.92. The van der Waals surface area contributed by atoms with E-state index < -0.39 is 0 Å². The van der Waals surface area contributed by atoms with Crippen molar-refractivity contribution < 1.29 is 9.31 Å². The van der Waals surface area contributed by atoms with Gasteiger partial charge in [0.15, 0.2) is 0 Å². The summed E-state index contributed by atoms with van der Waals surface area (Å²) in [6, 6.07) is 9.12. The Morgan fingerprint density at radius 2 is 1.32 bits per heavy atom. The van der Waals surface area contributed by atoms with Crippen LogP contribution in [-0.2, 0) is 14.7 Å². The van der Waals surface area contributed by atoms with Crippen molar-refractivity contribution in [1.82, 2.24) is 0 Å². The van der Waals surface area contributed by atoms with Crippen LogP contribution in [0.2, 0.25) is 0 Å². The molecule has 25 heavy (non-hydrogen) atoms. The molecule has 2 aromatic rings. The van der Waals surface area contributed by atoms with Crippen molar-refractivity contribution in [2.75, 3.05) is 0 Å². The maximum Gasteiger partial charge on any atom is 0.494 e. The van der Waals surface area contributed by atoms with Gasteiger partial charge in [0, 0.05) is 0 Å². The molecule has 2 aromatic carbocycles. The van der Waals surface area contributed by atoms with E-state index in [0.29, 0.717) is 0 Å². The molecule has 0 aromatic heterocycles. The third kappa shape index (κ3) is 3.13. The maximum atomic E-state index is 6.30. The molecular weight excluding hydrogens is 307 g/mol. The van der Waals surface area contributed by atoms with Gasteiger partial charge in [-0.1, -0.05) is 45.0 Å². The van der Waals surface area contributed by atoms with Gasteiger partial charge in [-0.3, -0.25) is 0 Å². The number of fused-ring (bicyclic) bond motifs is 1. The Morgan fingerprint density at radius 1 is 0.800 bits per heavy atom. The number of hydrogen-bond donors (Lipinski definition) is 0. The Balaban J connectivity index is 2.20.